The van der Waals surface area contributed by atoms with Crippen LogP contribution in [0.15, 0.2) is 36.7 Å². The molecule has 0 aliphatic heterocycles. The summed E-state index contributed by atoms with van der Waals surface area (Å²) >= 11 is 2.30. The number of halogens is 1. The van der Waals surface area contributed by atoms with E-state index < -0.39 is 5.97 Å². The smallest absolute Gasteiger partial charge is 0.303 e. The molecule has 106 valence electrons. The van der Waals surface area contributed by atoms with Crippen LogP contribution in [0.3, 0.4) is 0 Å². The molecule has 0 aliphatic rings. The highest BCUT2D eigenvalue weighted by molar-refractivity contribution is 14.1. The third kappa shape index (κ3) is 4.63. The van der Waals surface area contributed by atoms with Crippen LogP contribution in [0.5, 0.6) is 0 Å². The minimum Gasteiger partial charge on any atom is -0.481 e. The van der Waals surface area contributed by atoms with Gasteiger partial charge < -0.3 is 5.11 Å². The first kappa shape index (κ1) is 15.0. The van der Waals surface area contributed by atoms with Crippen LogP contribution in [-0.2, 0) is 11.3 Å². The zero-order chi connectivity index (χ0) is 14.4. The van der Waals surface area contributed by atoms with Crippen molar-refractivity contribution < 1.29 is 9.90 Å². The number of benzene rings is 1. The largest absolute Gasteiger partial charge is 0.481 e. The van der Waals surface area contributed by atoms with Crippen molar-refractivity contribution in [3.05, 3.63) is 40.2 Å². The number of aryl methyl sites for hydroxylation is 1. The van der Waals surface area contributed by atoms with Gasteiger partial charge in [-0.25, -0.2) is 0 Å². The molecule has 1 aromatic carbocycles. The molecule has 0 spiro atoms. The zero-order valence-electron chi connectivity index (χ0n) is 11.1. The van der Waals surface area contributed by atoms with Gasteiger partial charge in [0.2, 0.25) is 0 Å². The molecule has 0 radical (unpaired) electrons. The summed E-state index contributed by atoms with van der Waals surface area (Å²) in [6, 6.07) is 8.32. The normalized spacial score (nSPS) is 10.7. The Bertz CT molecular complexity index is 581. The standard InChI is InChI=1S/C15H17IN2O2/c16-14-6-4-5-12(9-14)13-10-17-18(11-13)8-3-1-2-7-15(19)20/h4-6,9-11H,1-3,7-8H2,(H,19,20). The number of nitrogens with zero attached hydrogens (tertiary/aromatic N) is 2. The highest BCUT2D eigenvalue weighted by Crippen LogP contribution is 2.20. The minimum atomic E-state index is -0.718. The van der Waals surface area contributed by atoms with Crippen molar-refractivity contribution in [3.63, 3.8) is 0 Å². The number of carboxylic acid groups (broad SMARTS) is 1. The van der Waals surface area contributed by atoms with Crippen molar-refractivity contribution in [1.82, 2.24) is 9.78 Å². The van der Waals surface area contributed by atoms with Crippen LogP contribution in [0.25, 0.3) is 11.1 Å². The molecule has 0 atom stereocenters. The van der Waals surface area contributed by atoms with Crippen LogP contribution in [0.2, 0.25) is 0 Å². The van der Waals surface area contributed by atoms with Gasteiger partial charge in [0, 0.05) is 28.3 Å². The van der Waals surface area contributed by atoms with Crippen molar-refractivity contribution in [3.8, 4) is 11.1 Å². The average Bonchev–Trinajstić information content (AvgIpc) is 2.87. The lowest BCUT2D eigenvalue weighted by atomic mass is 10.1. The predicted octanol–water partition coefficient (Wildman–Crippen LogP) is 3.80. The molecule has 0 unspecified atom stereocenters. The van der Waals surface area contributed by atoms with Gasteiger partial charge in [0.25, 0.3) is 0 Å². The molecule has 1 heterocycles. The van der Waals surface area contributed by atoms with E-state index in [9.17, 15) is 4.79 Å². The lowest BCUT2D eigenvalue weighted by Crippen LogP contribution is -1.99. The number of unbranched alkanes of at least 4 members (excludes halogenated alkanes) is 2. The molecule has 0 aliphatic carbocycles. The van der Waals surface area contributed by atoms with Gasteiger partial charge in [0.15, 0.2) is 0 Å². The second-order valence-electron chi connectivity index (χ2n) is 4.71. The first-order valence-corrected chi connectivity index (χ1v) is 7.73. The molecule has 0 amide bonds. The van der Waals surface area contributed by atoms with Gasteiger partial charge in [-0.2, -0.15) is 5.10 Å². The monoisotopic (exact) mass is 384 g/mol. The molecule has 20 heavy (non-hydrogen) atoms. The van der Waals surface area contributed by atoms with Crippen molar-refractivity contribution >= 4 is 28.6 Å². The molecule has 0 fully saturated rings. The van der Waals surface area contributed by atoms with Gasteiger partial charge in [-0.05, 0) is 53.1 Å². The number of aliphatic carboxylic acids is 1. The molecule has 0 bridgehead atoms. The highest BCUT2D eigenvalue weighted by atomic mass is 127. The lowest BCUT2D eigenvalue weighted by Gasteiger charge is -2.01. The Labute approximate surface area is 132 Å². The van der Waals surface area contributed by atoms with Crippen LogP contribution in [0, 0.1) is 3.57 Å². The van der Waals surface area contributed by atoms with E-state index in [2.05, 4.69) is 45.9 Å². The molecular formula is C15H17IN2O2. The summed E-state index contributed by atoms with van der Waals surface area (Å²) in [4.78, 5) is 10.4. The van der Waals surface area contributed by atoms with Crippen molar-refractivity contribution in [2.24, 2.45) is 0 Å². The summed E-state index contributed by atoms with van der Waals surface area (Å²) in [5, 5.41) is 12.9. The van der Waals surface area contributed by atoms with E-state index in [0.29, 0.717) is 0 Å². The summed E-state index contributed by atoms with van der Waals surface area (Å²) in [6.07, 6.45) is 6.80. The average molecular weight is 384 g/mol. The Morgan fingerprint density at radius 1 is 1.25 bits per heavy atom. The van der Waals surface area contributed by atoms with Crippen LogP contribution in [0.1, 0.15) is 25.7 Å². The van der Waals surface area contributed by atoms with Crippen molar-refractivity contribution in [2.45, 2.75) is 32.2 Å². The Hall–Kier alpha value is -1.37. The van der Waals surface area contributed by atoms with Gasteiger partial charge in [0.05, 0.1) is 6.20 Å². The molecule has 0 saturated carbocycles. The summed E-state index contributed by atoms with van der Waals surface area (Å²) in [5.74, 6) is -0.718. The van der Waals surface area contributed by atoms with Gasteiger partial charge in [-0.3, -0.25) is 9.48 Å². The first-order valence-electron chi connectivity index (χ1n) is 6.65. The fourth-order valence-corrected chi connectivity index (χ4v) is 2.57. The number of rotatable bonds is 7. The van der Waals surface area contributed by atoms with Gasteiger partial charge in [0.1, 0.15) is 0 Å². The molecule has 5 heteroatoms. The fourth-order valence-electron chi connectivity index (χ4n) is 2.03. The molecule has 1 N–H and O–H groups in total. The number of hydrogen-bond acceptors (Lipinski definition) is 2. The molecule has 2 rings (SSSR count). The van der Waals surface area contributed by atoms with Gasteiger partial charge in [-0.1, -0.05) is 18.6 Å². The Morgan fingerprint density at radius 3 is 2.85 bits per heavy atom. The molecule has 2 aromatic rings. The second-order valence-corrected chi connectivity index (χ2v) is 5.95. The Morgan fingerprint density at radius 2 is 2.10 bits per heavy atom. The summed E-state index contributed by atoms with van der Waals surface area (Å²) in [7, 11) is 0. The highest BCUT2D eigenvalue weighted by Gasteiger charge is 2.02. The third-order valence-corrected chi connectivity index (χ3v) is 3.74. The van der Waals surface area contributed by atoms with Crippen molar-refractivity contribution in [1.29, 1.82) is 0 Å². The summed E-state index contributed by atoms with van der Waals surface area (Å²) in [6.45, 7) is 0.837. The molecule has 4 nitrogen and oxygen atoms in total. The maximum Gasteiger partial charge on any atom is 0.303 e. The maximum atomic E-state index is 10.4. The quantitative estimate of drug-likeness (QED) is 0.584. The van der Waals surface area contributed by atoms with Crippen LogP contribution in [-0.4, -0.2) is 20.9 Å². The minimum absolute atomic E-state index is 0.257. The van der Waals surface area contributed by atoms with E-state index in [1.165, 1.54) is 9.13 Å². The van der Waals surface area contributed by atoms with Crippen molar-refractivity contribution in [2.75, 3.05) is 0 Å². The van der Waals surface area contributed by atoms with Gasteiger partial charge >= 0.3 is 5.97 Å². The number of carbonyl (C=O) groups is 1. The maximum absolute atomic E-state index is 10.4. The number of aromatic nitrogens is 2. The SMILES string of the molecule is O=C(O)CCCCCn1cc(-c2cccc(I)c2)cn1. The van der Waals surface area contributed by atoms with E-state index in [-0.39, 0.29) is 6.42 Å². The number of hydrogen-bond donors (Lipinski definition) is 1. The van der Waals surface area contributed by atoms with Gasteiger partial charge in [-0.15, -0.1) is 0 Å². The van der Waals surface area contributed by atoms with E-state index in [1.807, 2.05) is 23.1 Å². The van der Waals surface area contributed by atoms with E-state index in [0.717, 1.165) is 31.4 Å². The van der Waals surface area contributed by atoms with Crippen LogP contribution < -0.4 is 0 Å². The molecule has 1 aromatic heterocycles. The Balaban J connectivity index is 1.85. The number of carboxylic acids is 1. The predicted molar refractivity (Wildman–Crippen MR) is 86.5 cm³/mol. The topological polar surface area (TPSA) is 55.1 Å². The first-order chi connectivity index (χ1) is 9.65. The summed E-state index contributed by atoms with van der Waals surface area (Å²) in [5.41, 5.74) is 2.29. The van der Waals surface area contributed by atoms with E-state index in [4.69, 9.17) is 5.11 Å². The second kappa shape index (κ2) is 7.42. The zero-order valence-corrected chi connectivity index (χ0v) is 13.3. The van der Waals surface area contributed by atoms with E-state index in [1.54, 1.807) is 0 Å². The van der Waals surface area contributed by atoms with Crippen LogP contribution >= 0.6 is 22.6 Å². The molecule has 0 saturated heterocycles. The van der Waals surface area contributed by atoms with Crippen LogP contribution in [0.4, 0.5) is 0 Å². The Kier molecular flexibility index (Phi) is 5.58. The fraction of sp³-hybridized carbons (Fsp3) is 0.333. The lowest BCUT2D eigenvalue weighted by molar-refractivity contribution is -0.137. The summed E-state index contributed by atoms with van der Waals surface area (Å²) < 4.78 is 3.14. The third-order valence-electron chi connectivity index (χ3n) is 3.07. The van der Waals surface area contributed by atoms with E-state index >= 15 is 0 Å². The molecular weight excluding hydrogens is 367 g/mol.